The molecule has 36 heavy (non-hydrogen) atoms. The van der Waals surface area contributed by atoms with Gasteiger partial charge in [-0.3, -0.25) is 14.6 Å². The quantitative estimate of drug-likeness (QED) is 0.491. The molecule has 3 aliphatic rings. The number of thiazole rings is 1. The van der Waals surface area contributed by atoms with Crippen molar-refractivity contribution < 1.29 is 50.9 Å². The Hall–Kier alpha value is -2.46. The predicted octanol–water partition coefficient (Wildman–Crippen LogP) is 2.50. The Morgan fingerprint density at radius 2 is 1.72 bits per heavy atom. The lowest BCUT2D eigenvalue weighted by Gasteiger charge is -2.44. The van der Waals surface area contributed by atoms with Crippen LogP contribution in [0.15, 0.2) is 5.38 Å². The molecule has 1 saturated carbocycles. The van der Waals surface area contributed by atoms with Gasteiger partial charge in [0.2, 0.25) is 5.91 Å². The van der Waals surface area contributed by atoms with Gasteiger partial charge in [0.15, 0.2) is 0 Å². The third-order valence-electron chi connectivity index (χ3n) is 5.74. The van der Waals surface area contributed by atoms with E-state index >= 15 is 0 Å². The van der Waals surface area contributed by atoms with Gasteiger partial charge in [-0.25, -0.2) is 14.6 Å². The van der Waals surface area contributed by atoms with Gasteiger partial charge in [0, 0.05) is 38.1 Å². The smallest absolute Gasteiger partial charge is 0.475 e. The first-order chi connectivity index (χ1) is 16.5. The second kappa shape index (κ2) is 11.7. The van der Waals surface area contributed by atoms with Crippen LogP contribution in [0.25, 0.3) is 0 Å². The summed E-state index contributed by atoms with van der Waals surface area (Å²) in [4.78, 5) is 39.2. The number of halogens is 6. The molecule has 16 heteroatoms. The highest BCUT2D eigenvalue weighted by atomic mass is 32.1. The van der Waals surface area contributed by atoms with Crippen LogP contribution >= 0.6 is 11.3 Å². The second-order valence-corrected chi connectivity index (χ2v) is 9.81. The lowest BCUT2D eigenvalue weighted by Crippen LogP contribution is -2.64. The van der Waals surface area contributed by atoms with E-state index in [0.717, 1.165) is 50.1 Å². The topological polar surface area (TPSA) is 123 Å². The highest BCUT2D eigenvalue weighted by Crippen LogP contribution is 2.36. The average molecular weight is 549 g/mol. The third kappa shape index (κ3) is 9.20. The Kier molecular flexibility index (Phi) is 9.70. The maximum absolute atomic E-state index is 11.8. The standard InChI is InChI=1S/C16H24N4OS.2C2HF3O2/c1-12-18-14(9-22-12)7-19-5-4-16(11-19)10-17-15(21)8-20(16)6-13-2-3-13;2*3-2(4,5)1(6)7/h9,13H,2-8,10-11H2,1H3,(H,17,21);2*(H,6,7). The third-order valence-corrected chi connectivity index (χ3v) is 6.57. The minimum absolute atomic E-state index is 0.154. The number of likely N-dealkylation sites (tertiary alicyclic amines) is 1. The van der Waals surface area contributed by atoms with Gasteiger partial charge in [-0.2, -0.15) is 26.3 Å². The molecule has 3 heterocycles. The van der Waals surface area contributed by atoms with Gasteiger partial charge in [-0.1, -0.05) is 0 Å². The van der Waals surface area contributed by atoms with E-state index in [9.17, 15) is 31.1 Å². The number of carbonyl (C=O) groups excluding carboxylic acids is 1. The van der Waals surface area contributed by atoms with E-state index in [1.165, 1.54) is 18.5 Å². The molecule has 1 aromatic heterocycles. The van der Waals surface area contributed by atoms with Gasteiger partial charge in [0.1, 0.15) is 0 Å². The van der Waals surface area contributed by atoms with E-state index < -0.39 is 24.3 Å². The van der Waals surface area contributed by atoms with Crippen molar-refractivity contribution in [1.82, 2.24) is 20.1 Å². The zero-order valence-electron chi connectivity index (χ0n) is 19.2. The summed E-state index contributed by atoms with van der Waals surface area (Å²) in [6.45, 7) is 7.66. The molecule has 0 bridgehead atoms. The number of nitrogens with zero attached hydrogens (tertiary/aromatic N) is 3. The molecule has 4 rings (SSSR count). The molecule has 2 saturated heterocycles. The number of hydrogen-bond donors (Lipinski definition) is 3. The Balaban J connectivity index is 0.000000271. The van der Waals surface area contributed by atoms with Crippen LogP contribution < -0.4 is 5.32 Å². The molecule has 1 atom stereocenters. The first-order valence-corrected chi connectivity index (χ1v) is 11.6. The van der Waals surface area contributed by atoms with Crippen molar-refractivity contribution in [2.24, 2.45) is 5.92 Å². The summed E-state index contributed by atoms with van der Waals surface area (Å²) in [6.07, 6.45) is -6.32. The normalized spacial score (nSPS) is 22.8. The lowest BCUT2D eigenvalue weighted by atomic mass is 9.93. The van der Waals surface area contributed by atoms with Crippen LogP contribution in [0, 0.1) is 12.8 Å². The summed E-state index contributed by atoms with van der Waals surface area (Å²) in [5.74, 6) is -4.49. The molecule has 2 aliphatic heterocycles. The maximum atomic E-state index is 11.8. The molecule has 3 N–H and O–H groups in total. The molecule has 9 nitrogen and oxygen atoms in total. The Labute approximate surface area is 206 Å². The summed E-state index contributed by atoms with van der Waals surface area (Å²) in [7, 11) is 0. The van der Waals surface area contributed by atoms with Crippen molar-refractivity contribution >= 4 is 29.2 Å². The van der Waals surface area contributed by atoms with E-state index in [2.05, 4.69) is 32.4 Å². The Morgan fingerprint density at radius 1 is 1.17 bits per heavy atom. The predicted molar refractivity (Wildman–Crippen MR) is 114 cm³/mol. The van der Waals surface area contributed by atoms with Crippen LogP contribution in [0.4, 0.5) is 26.3 Å². The van der Waals surface area contributed by atoms with Gasteiger partial charge < -0.3 is 15.5 Å². The molecule has 1 spiro atoms. The number of aryl methyl sites for hydroxylation is 1. The molecular formula is C20H26F6N4O5S. The fourth-order valence-electron chi connectivity index (χ4n) is 3.83. The molecule has 3 fully saturated rings. The number of amides is 1. The maximum Gasteiger partial charge on any atom is 0.490 e. The average Bonchev–Trinajstić information content (AvgIpc) is 3.33. The van der Waals surface area contributed by atoms with Crippen molar-refractivity contribution in [3.63, 3.8) is 0 Å². The van der Waals surface area contributed by atoms with Crippen LogP contribution in [-0.4, -0.2) is 93.5 Å². The minimum atomic E-state index is -5.08. The van der Waals surface area contributed by atoms with Gasteiger partial charge >= 0.3 is 24.3 Å². The van der Waals surface area contributed by atoms with Crippen LogP contribution in [0.1, 0.15) is 30.0 Å². The molecule has 0 aromatic carbocycles. The van der Waals surface area contributed by atoms with Gasteiger partial charge in [0.25, 0.3) is 0 Å². The van der Waals surface area contributed by atoms with Crippen molar-refractivity contribution in [3.8, 4) is 0 Å². The summed E-state index contributed by atoms with van der Waals surface area (Å²) in [6, 6.07) is 0. The number of nitrogens with one attached hydrogen (secondary N) is 1. The summed E-state index contributed by atoms with van der Waals surface area (Å²) >= 11 is 1.73. The van der Waals surface area contributed by atoms with Gasteiger partial charge in [-0.15, -0.1) is 11.3 Å². The molecule has 1 amide bonds. The first kappa shape index (κ1) is 29.8. The van der Waals surface area contributed by atoms with Crippen LogP contribution in [0.2, 0.25) is 0 Å². The fourth-order valence-corrected chi connectivity index (χ4v) is 4.43. The second-order valence-electron chi connectivity index (χ2n) is 8.75. The molecule has 204 valence electrons. The summed E-state index contributed by atoms with van der Waals surface area (Å²) in [5.41, 5.74) is 1.34. The molecule has 1 aromatic rings. The van der Waals surface area contributed by atoms with E-state index in [1.807, 2.05) is 0 Å². The van der Waals surface area contributed by atoms with Gasteiger partial charge in [-0.05, 0) is 32.1 Å². The number of piperazine rings is 1. The zero-order chi connectivity index (χ0) is 27.3. The van der Waals surface area contributed by atoms with E-state index in [-0.39, 0.29) is 11.4 Å². The van der Waals surface area contributed by atoms with Crippen molar-refractivity contribution in [2.45, 2.75) is 50.6 Å². The lowest BCUT2D eigenvalue weighted by molar-refractivity contribution is -0.193. The summed E-state index contributed by atoms with van der Waals surface area (Å²) in [5, 5.41) is 20.7. The molecular weight excluding hydrogens is 522 g/mol. The summed E-state index contributed by atoms with van der Waals surface area (Å²) < 4.78 is 63.5. The van der Waals surface area contributed by atoms with Crippen LogP contribution in [0.3, 0.4) is 0 Å². The fraction of sp³-hybridized carbons (Fsp3) is 0.700. The number of aliphatic carboxylic acids is 2. The van der Waals surface area contributed by atoms with E-state index in [1.54, 1.807) is 11.3 Å². The molecule has 1 unspecified atom stereocenters. The number of hydrogen-bond acceptors (Lipinski definition) is 7. The number of alkyl halides is 6. The van der Waals surface area contributed by atoms with E-state index in [0.29, 0.717) is 6.54 Å². The highest BCUT2D eigenvalue weighted by molar-refractivity contribution is 7.09. The first-order valence-electron chi connectivity index (χ1n) is 10.8. The molecule has 0 radical (unpaired) electrons. The monoisotopic (exact) mass is 548 g/mol. The van der Waals surface area contributed by atoms with Crippen molar-refractivity contribution in [1.29, 1.82) is 0 Å². The van der Waals surface area contributed by atoms with Crippen molar-refractivity contribution in [2.75, 3.05) is 32.7 Å². The number of carboxylic acids is 2. The van der Waals surface area contributed by atoms with Crippen LogP contribution in [0.5, 0.6) is 0 Å². The SMILES string of the molecule is Cc1nc(CN2CCC3(CNC(=O)CN3CC3CC3)C2)cs1.O=C(O)C(F)(F)F.O=C(O)C(F)(F)F. The number of aromatic nitrogens is 1. The number of carboxylic acid groups (broad SMARTS) is 2. The highest BCUT2D eigenvalue weighted by Gasteiger charge is 2.47. The number of carbonyl (C=O) groups is 3. The van der Waals surface area contributed by atoms with Crippen molar-refractivity contribution in [3.05, 3.63) is 16.1 Å². The minimum Gasteiger partial charge on any atom is -0.475 e. The largest absolute Gasteiger partial charge is 0.490 e. The zero-order valence-corrected chi connectivity index (χ0v) is 20.0. The Bertz CT molecular complexity index is 912. The molecule has 1 aliphatic carbocycles. The number of rotatable bonds is 4. The van der Waals surface area contributed by atoms with E-state index in [4.69, 9.17) is 19.8 Å². The van der Waals surface area contributed by atoms with Gasteiger partial charge in [0.05, 0.1) is 22.8 Å². The van der Waals surface area contributed by atoms with Crippen LogP contribution in [-0.2, 0) is 20.9 Å². The Morgan fingerprint density at radius 3 is 2.17 bits per heavy atom.